The minimum absolute atomic E-state index is 0.897. The van der Waals surface area contributed by atoms with Crippen molar-refractivity contribution in [3.8, 4) is 22.5 Å². The van der Waals surface area contributed by atoms with Crippen molar-refractivity contribution in [1.82, 2.24) is 9.13 Å². The van der Waals surface area contributed by atoms with E-state index in [9.17, 15) is 0 Å². The van der Waals surface area contributed by atoms with Gasteiger partial charge in [-0.1, -0.05) is 97.1 Å². The zero-order valence-electron chi connectivity index (χ0n) is 24.3. The van der Waals surface area contributed by atoms with Gasteiger partial charge in [0.2, 0.25) is 0 Å². The van der Waals surface area contributed by atoms with Crippen LogP contribution in [0.5, 0.6) is 0 Å². The van der Waals surface area contributed by atoms with E-state index >= 15 is 0 Å². The van der Waals surface area contributed by atoms with E-state index in [4.69, 9.17) is 4.42 Å². The van der Waals surface area contributed by atoms with Gasteiger partial charge < -0.3 is 13.6 Å². The Morgan fingerprint density at radius 1 is 0.356 bits per heavy atom. The van der Waals surface area contributed by atoms with E-state index in [-0.39, 0.29) is 0 Å². The van der Waals surface area contributed by atoms with Crippen LogP contribution < -0.4 is 0 Å². The molecule has 3 aromatic heterocycles. The van der Waals surface area contributed by atoms with Crippen molar-refractivity contribution < 1.29 is 4.42 Å². The number of para-hydroxylation sites is 3. The molecular weight excluding hydrogens is 548 g/mol. The Hall–Kier alpha value is -6.06. The minimum Gasteiger partial charge on any atom is -0.455 e. The van der Waals surface area contributed by atoms with Gasteiger partial charge in [0.1, 0.15) is 11.2 Å². The number of hydrogen-bond acceptors (Lipinski definition) is 1. The van der Waals surface area contributed by atoms with Crippen LogP contribution >= 0.6 is 0 Å². The highest BCUT2D eigenvalue weighted by Gasteiger charge is 2.20. The Kier molecular flexibility index (Phi) is 5.00. The molecule has 0 radical (unpaired) electrons. The largest absolute Gasteiger partial charge is 0.455 e. The second kappa shape index (κ2) is 9.22. The summed E-state index contributed by atoms with van der Waals surface area (Å²) in [6.45, 7) is 0. The summed E-state index contributed by atoms with van der Waals surface area (Å²) in [6.07, 6.45) is 0. The summed E-state index contributed by atoms with van der Waals surface area (Å²) in [7, 11) is 0. The Labute approximate surface area is 258 Å². The normalized spacial score (nSPS) is 12.0. The molecular formula is C42H26N2O. The quantitative estimate of drug-likeness (QED) is 0.206. The predicted octanol–water partition coefficient (Wildman–Crippen LogP) is 11.4. The molecule has 10 rings (SSSR count). The first-order valence-corrected chi connectivity index (χ1v) is 15.4. The van der Waals surface area contributed by atoms with Gasteiger partial charge in [-0.05, 0) is 65.7 Å². The van der Waals surface area contributed by atoms with Gasteiger partial charge in [-0.15, -0.1) is 0 Å². The van der Waals surface area contributed by atoms with E-state index in [1.165, 1.54) is 38.3 Å². The predicted molar refractivity (Wildman–Crippen MR) is 188 cm³/mol. The molecule has 7 aromatic carbocycles. The monoisotopic (exact) mass is 574 g/mol. The maximum absolute atomic E-state index is 6.87. The van der Waals surface area contributed by atoms with Crippen molar-refractivity contribution in [2.75, 3.05) is 0 Å². The van der Waals surface area contributed by atoms with Crippen LogP contribution in [0.1, 0.15) is 0 Å². The molecule has 0 N–H and O–H groups in total. The van der Waals surface area contributed by atoms with Gasteiger partial charge in [-0.2, -0.15) is 0 Å². The summed E-state index contributed by atoms with van der Waals surface area (Å²) in [5.74, 6) is 0. The molecule has 0 saturated heterocycles. The molecule has 3 heteroatoms. The van der Waals surface area contributed by atoms with Crippen LogP contribution in [0.4, 0.5) is 0 Å². The van der Waals surface area contributed by atoms with Gasteiger partial charge in [0.25, 0.3) is 0 Å². The molecule has 0 saturated carbocycles. The zero-order chi connectivity index (χ0) is 29.5. The molecule has 3 heterocycles. The Morgan fingerprint density at radius 3 is 1.73 bits per heavy atom. The highest BCUT2D eigenvalue weighted by Crippen LogP contribution is 2.43. The highest BCUT2D eigenvalue weighted by atomic mass is 16.3. The molecule has 0 bridgehead atoms. The zero-order valence-corrected chi connectivity index (χ0v) is 24.3. The number of furan rings is 1. The first kappa shape index (κ1) is 24.4. The Balaban J connectivity index is 1.25. The van der Waals surface area contributed by atoms with E-state index in [1.54, 1.807) is 0 Å². The third-order valence-electron chi connectivity index (χ3n) is 9.31. The molecule has 45 heavy (non-hydrogen) atoms. The lowest BCUT2D eigenvalue weighted by Crippen LogP contribution is -1.93. The van der Waals surface area contributed by atoms with Crippen molar-refractivity contribution in [2.45, 2.75) is 0 Å². The van der Waals surface area contributed by atoms with E-state index in [2.05, 4.69) is 167 Å². The standard InChI is InChI=1S/C42H26N2O/c1-3-11-27(12-4-1)28-19-21-30(22-20-28)43-37-18-10-8-16-33(37)41-38(43)24-23-32-35-25-34-31-15-7-9-17-36(31)44(29-13-5-2-6-14-29)39(34)26-40(35)45-42(32)41/h1-26H. The topological polar surface area (TPSA) is 23.0 Å². The Bertz CT molecular complexity index is 2730. The minimum atomic E-state index is 0.897. The molecule has 0 unspecified atom stereocenters. The van der Waals surface area contributed by atoms with E-state index in [0.29, 0.717) is 0 Å². The molecule has 10 aromatic rings. The molecule has 210 valence electrons. The Morgan fingerprint density at radius 2 is 0.956 bits per heavy atom. The fourth-order valence-corrected chi connectivity index (χ4v) is 7.31. The van der Waals surface area contributed by atoms with E-state index in [0.717, 1.165) is 49.7 Å². The van der Waals surface area contributed by atoms with Crippen LogP contribution in [0.2, 0.25) is 0 Å². The fraction of sp³-hybridized carbons (Fsp3) is 0. The molecule has 0 aliphatic heterocycles. The number of fused-ring (bicyclic) bond motifs is 10. The summed E-state index contributed by atoms with van der Waals surface area (Å²) in [6, 6.07) is 56.3. The molecule has 3 nitrogen and oxygen atoms in total. The molecule has 0 spiro atoms. The van der Waals surface area contributed by atoms with E-state index < -0.39 is 0 Å². The smallest absolute Gasteiger partial charge is 0.145 e. The van der Waals surface area contributed by atoms with Crippen molar-refractivity contribution in [3.05, 3.63) is 158 Å². The number of hydrogen-bond donors (Lipinski definition) is 0. The SMILES string of the molecule is c1ccc(-c2ccc(-n3c4ccccc4c4c5oc6cc7c(cc6c5ccc43)c3ccccc3n7-c3ccccc3)cc2)cc1. The van der Waals surface area contributed by atoms with Gasteiger partial charge in [0.05, 0.1) is 27.5 Å². The average molecular weight is 575 g/mol. The number of nitrogens with zero attached hydrogens (tertiary/aromatic N) is 2. The summed E-state index contributed by atoms with van der Waals surface area (Å²) in [4.78, 5) is 0. The van der Waals surface area contributed by atoms with Crippen molar-refractivity contribution in [1.29, 1.82) is 0 Å². The molecule has 0 amide bonds. The lowest BCUT2D eigenvalue weighted by Gasteiger charge is -2.09. The highest BCUT2D eigenvalue weighted by molar-refractivity contribution is 6.25. The van der Waals surface area contributed by atoms with Crippen LogP contribution in [0, 0.1) is 0 Å². The van der Waals surface area contributed by atoms with Gasteiger partial charge >= 0.3 is 0 Å². The average Bonchev–Trinajstić information content (AvgIpc) is 3.75. The van der Waals surface area contributed by atoms with Crippen LogP contribution in [-0.4, -0.2) is 9.13 Å². The van der Waals surface area contributed by atoms with Crippen LogP contribution in [0.3, 0.4) is 0 Å². The molecule has 0 fully saturated rings. The molecule has 0 atom stereocenters. The maximum Gasteiger partial charge on any atom is 0.145 e. The molecule has 0 aliphatic rings. The number of benzene rings is 7. The third kappa shape index (κ3) is 3.46. The van der Waals surface area contributed by atoms with Crippen molar-refractivity contribution in [2.24, 2.45) is 0 Å². The summed E-state index contributed by atoms with van der Waals surface area (Å²) in [5.41, 5.74) is 11.2. The lowest BCUT2D eigenvalue weighted by atomic mass is 10.1. The first-order chi connectivity index (χ1) is 22.3. The summed E-state index contributed by atoms with van der Waals surface area (Å²) >= 11 is 0. The molecule has 0 aliphatic carbocycles. The van der Waals surface area contributed by atoms with Crippen LogP contribution in [0.15, 0.2) is 162 Å². The van der Waals surface area contributed by atoms with Crippen molar-refractivity contribution in [3.63, 3.8) is 0 Å². The van der Waals surface area contributed by atoms with E-state index in [1.807, 2.05) is 0 Å². The maximum atomic E-state index is 6.87. The van der Waals surface area contributed by atoms with Gasteiger partial charge in [-0.3, -0.25) is 0 Å². The van der Waals surface area contributed by atoms with Gasteiger partial charge in [0, 0.05) is 44.4 Å². The van der Waals surface area contributed by atoms with Crippen LogP contribution in [0.25, 0.3) is 88.1 Å². The van der Waals surface area contributed by atoms with Crippen LogP contribution in [-0.2, 0) is 0 Å². The lowest BCUT2D eigenvalue weighted by molar-refractivity contribution is 0.673. The fourth-order valence-electron chi connectivity index (χ4n) is 7.31. The second-order valence-electron chi connectivity index (χ2n) is 11.8. The van der Waals surface area contributed by atoms with Gasteiger partial charge in [0.15, 0.2) is 0 Å². The summed E-state index contributed by atoms with van der Waals surface area (Å²) in [5, 5.41) is 7.08. The van der Waals surface area contributed by atoms with Crippen molar-refractivity contribution >= 4 is 65.6 Å². The second-order valence-corrected chi connectivity index (χ2v) is 11.8. The number of rotatable bonds is 3. The first-order valence-electron chi connectivity index (χ1n) is 15.4. The summed E-state index contributed by atoms with van der Waals surface area (Å²) < 4.78 is 11.6. The number of aromatic nitrogens is 2. The van der Waals surface area contributed by atoms with Gasteiger partial charge in [-0.25, -0.2) is 0 Å². The third-order valence-corrected chi connectivity index (χ3v) is 9.31.